The van der Waals surface area contributed by atoms with Crippen LogP contribution in [0, 0.1) is 18.7 Å². The Labute approximate surface area is 189 Å². The third-order valence-corrected chi connectivity index (χ3v) is 6.72. The van der Waals surface area contributed by atoms with Gasteiger partial charge in [0.05, 0.1) is 0 Å². The fraction of sp³-hybridized carbons (Fsp3) is 0.435. The van der Waals surface area contributed by atoms with Gasteiger partial charge < -0.3 is 4.90 Å². The second kappa shape index (κ2) is 9.71. The number of amides is 1. The third kappa shape index (κ3) is 5.89. The lowest BCUT2D eigenvalue weighted by molar-refractivity contribution is -0.132. The number of rotatable bonds is 5. The van der Waals surface area contributed by atoms with Crippen molar-refractivity contribution < 1.29 is 9.18 Å². The molecule has 1 fully saturated rings. The van der Waals surface area contributed by atoms with Gasteiger partial charge in [0.1, 0.15) is 5.82 Å². The van der Waals surface area contributed by atoms with Crippen LogP contribution in [0.3, 0.4) is 0 Å². The van der Waals surface area contributed by atoms with Crippen LogP contribution in [0.5, 0.6) is 0 Å². The summed E-state index contributed by atoms with van der Waals surface area (Å²) in [5.74, 6) is 0.312. The van der Waals surface area contributed by atoms with E-state index in [2.05, 4.69) is 43.8 Å². The van der Waals surface area contributed by atoms with Gasteiger partial charge in [-0.05, 0) is 86.3 Å². The van der Waals surface area contributed by atoms with Crippen LogP contribution in [0.15, 0.2) is 45.3 Å². The predicted octanol–water partition coefficient (Wildman–Crippen LogP) is 6.09. The summed E-state index contributed by atoms with van der Waals surface area (Å²) in [5.41, 5.74) is 3.23. The van der Waals surface area contributed by atoms with Crippen LogP contribution in [0.25, 0.3) is 0 Å². The third-order valence-electron chi connectivity index (χ3n) is 5.80. The molecule has 0 bridgehead atoms. The first-order valence-corrected chi connectivity index (χ1v) is 11.5. The van der Waals surface area contributed by atoms with E-state index in [1.165, 1.54) is 11.6 Å². The molecule has 1 saturated heterocycles. The lowest BCUT2D eigenvalue weighted by atomic mass is 9.84. The van der Waals surface area contributed by atoms with Crippen molar-refractivity contribution in [2.45, 2.75) is 38.8 Å². The van der Waals surface area contributed by atoms with E-state index in [0.717, 1.165) is 39.5 Å². The van der Waals surface area contributed by atoms with Gasteiger partial charge in [0.25, 0.3) is 0 Å². The van der Waals surface area contributed by atoms with E-state index in [1.54, 1.807) is 6.07 Å². The number of nitrogens with zero attached hydrogens (tertiary/aromatic N) is 2. The fourth-order valence-corrected chi connectivity index (χ4v) is 5.57. The molecular weight excluding hydrogens is 499 g/mol. The van der Waals surface area contributed by atoms with Crippen molar-refractivity contribution in [3.8, 4) is 0 Å². The molecule has 156 valence electrons. The SMILES string of the molecule is Cc1cc(F)ccc1C1CC(CC(=O)N(C)Cc2cc(Br)cc(Br)c2)CCN1C. The predicted molar refractivity (Wildman–Crippen MR) is 122 cm³/mol. The first-order chi connectivity index (χ1) is 13.7. The van der Waals surface area contributed by atoms with Gasteiger partial charge in [-0.2, -0.15) is 0 Å². The summed E-state index contributed by atoms with van der Waals surface area (Å²) in [6.07, 6.45) is 2.48. The van der Waals surface area contributed by atoms with Crippen molar-refractivity contribution in [2.24, 2.45) is 5.92 Å². The van der Waals surface area contributed by atoms with Crippen molar-refractivity contribution in [1.82, 2.24) is 9.80 Å². The first kappa shape index (κ1) is 22.4. The van der Waals surface area contributed by atoms with Crippen LogP contribution in [0.4, 0.5) is 4.39 Å². The largest absolute Gasteiger partial charge is 0.341 e. The highest BCUT2D eigenvalue weighted by molar-refractivity contribution is 9.11. The fourth-order valence-electron chi connectivity index (χ4n) is 4.19. The second-order valence-corrected chi connectivity index (χ2v) is 9.95. The highest BCUT2D eigenvalue weighted by atomic mass is 79.9. The molecule has 0 spiro atoms. The maximum Gasteiger partial charge on any atom is 0.222 e. The maximum atomic E-state index is 13.5. The molecule has 1 aliphatic rings. The molecule has 2 aromatic rings. The summed E-state index contributed by atoms with van der Waals surface area (Å²) >= 11 is 7.01. The Kier molecular flexibility index (Phi) is 7.52. The Balaban J connectivity index is 1.63. The minimum Gasteiger partial charge on any atom is -0.341 e. The molecule has 29 heavy (non-hydrogen) atoms. The number of benzene rings is 2. The molecule has 0 aliphatic carbocycles. The van der Waals surface area contributed by atoms with E-state index < -0.39 is 0 Å². The second-order valence-electron chi connectivity index (χ2n) is 8.12. The highest BCUT2D eigenvalue weighted by Gasteiger charge is 2.30. The number of hydrogen-bond donors (Lipinski definition) is 0. The Morgan fingerprint density at radius 3 is 2.55 bits per heavy atom. The Bertz CT molecular complexity index is 869. The summed E-state index contributed by atoms with van der Waals surface area (Å²) in [6.45, 7) is 3.50. The lowest BCUT2D eigenvalue weighted by Gasteiger charge is -2.38. The van der Waals surface area contributed by atoms with Gasteiger partial charge in [0.2, 0.25) is 5.91 Å². The van der Waals surface area contributed by atoms with Gasteiger partial charge in [-0.25, -0.2) is 4.39 Å². The number of carbonyl (C=O) groups excluding carboxylic acids is 1. The van der Waals surface area contributed by atoms with Crippen LogP contribution in [0.2, 0.25) is 0 Å². The van der Waals surface area contributed by atoms with Gasteiger partial charge in [0, 0.05) is 35.0 Å². The minimum absolute atomic E-state index is 0.172. The van der Waals surface area contributed by atoms with Gasteiger partial charge in [-0.1, -0.05) is 37.9 Å². The summed E-state index contributed by atoms with van der Waals surface area (Å²) in [4.78, 5) is 17.0. The van der Waals surface area contributed by atoms with Crippen LogP contribution < -0.4 is 0 Å². The average Bonchev–Trinajstić information content (AvgIpc) is 2.62. The van der Waals surface area contributed by atoms with E-state index in [9.17, 15) is 9.18 Å². The van der Waals surface area contributed by atoms with Crippen molar-refractivity contribution in [3.05, 3.63) is 67.9 Å². The molecule has 0 saturated carbocycles. The summed E-state index contributed by atoms with van der Waals surface area (Å²) in [6, 6.07) is 11.3. The molecule has 3 nitrogen and oxygen atoms in total. The van der Waals surface area contributed by atoms with Crippen molar-refractivity contribution in [1.29, 1.82) is 0 Å². The molecule has 2 aromatic carbocycles. The van der Waals surface area contributed by atoms with E-state index in [-0.39, 0.29) is 17.8 Å². The molecule has 1 heterocycles. The topological polar surface area (TPSA) is 23.6 Å². The normalized spacial score (nSPS) is 19.9. The van der Waals surface area contributed by atoms with Gasteiger partial charge in [0.15, 0.2) is 0 Å². The van der Waals surface area contributed by atoms with Gasteiger partial charge >= 0.3 is 0 Å². The number of carbonyl (C=O) groups is 1. The molecule has 1 aliphatic heterocycles. The molecule has 6 heteroatoms. The number of aryl methyl sites for hydroxylation is 1. The molecule has 0 radical (unpaired) electrons. The zero-order valence-corrected chi connectivity index (χ0v) is 20.3. The number of likely N-dealkylation sites (tertiary alicyclic amines) is 1. The van der Waals surface area contributed by atoms with E-state index in [0.29, 0.717) is 18.9 Å². The Hall–Kier alpha value is -1.24. The monoisotopic (exact) mass is 524 g/mol. The Morgan fingerprint density at radius 2 is 1.90 bits per heavy atom. The summed E-state index contributed by atoms with van der Waals surface area (Å²) in [5, 5.41) is 0. The smallest absolute Gasteiger partial charge is 0.222 e. The summed E-state index contributed by atoms with van der Waals surface area (Å²) < 4.78 is 15.5. The lowest BCUT2D eigenvalue weighted by Crippen LogP contribution is -2.36. The molecule has 0 N–H and O–H groups in total. The van der Waals surface area contributed by atoms with Crippen molar-refractivity contribution in [3.63, 3.8) is 0 Å². The molecular formula is C23H27Br2FN2O. The first-order valence-electron chi connectivity index (χ1n) is 9.88. The number of piperidine rings is 1. The Morgan fingerprint density at radius 1 is 1.21 bits per heavy atom. The quantitative estimate of drug-likeness (QED) is 0.471. The van der Waals surface area contributed by atoms with Crippen molar-refractivity contribution in [2.75, 3.05) is 20.6 Å². The standard InChI is InChI=1S/C23H27Br2FN2O/c1-15-8-20(26)4-5-21(15)22-11-16(6-7-27(22)2)12-23(29)28(3)14-17-9-18(24)13-19(25)10-17/h4-5,8-10,13,16,22H,6-7,11-12,14H2,1-3H3. The van der Waals surface area contributed by atoms with Crippen LogP contribution in [-0.2, 0) is 11.3 Å². The van der Waals surface area contributed by atoms with E-state index in [1.807, 2.05) is 43.1 Å². The number of hydrogen-bond acceptors (Lipinski definition) is 2. The van der Waals surface area contributed by atoms with Gasteiger partial charge in [-0.3, -0.25) is 9.69 Å². The van der Waals surface area contributed by atoms with Crippen LogP contribution >= 0.6 is 31.9 Å². The van der Waals surface area contributed by atoms with Crippen molar-refractivity contribution >= 4 is 37.8 Å². The minimum atomic E-state index is -0.197. The zero-order chi connectivity index (χ0) is 21.1. The average molecular weight is 526 g/mol. The zero-order valence-electron chi connectivity index (χ0n) is 17.1. The van der Waals surface area contributed by atoms with E-state index in [4.69, 9.17) is 0 Å². The molecule has 2 atom stereocenters. The molecule has 1 amide bonds. The molecule has 0 aromatic heterocycles. The van der Waals surface area contributed by atoms with Crippen LogP contribution in [-0.4, -0.2) is 36.3 Å². The highest BCUT2D eigenvalue weighted by Crippen LogP contribution is 2.36. The summed E-state index contributed by atoms with van der Waals surface area (Å²) in [7, 11) is 3.98. The van der Waals surface area contributed by atoms with Crippen LogP contribution in [0.1, 0.15) is 42.0 Å². The maximum absolute atomic E-state index is 13.5. The number of halogens is 3. The van der Waals surface area contributed by atoms with E-state index >= 15 is 0 Å². The molecule has 3 rings (SSSR count). The van der Waals surface area contributed by atoms with Gasteiger partial charge in [-0.15, -0.1) is 0 Å². The molecule has 2 unspecified atom stereocenters.